The van der Waals surface area contributed by atoms with E-state index < -0.39 is 0 Å². The predicted octanol–water partition coefficient (Wildman–Crippen LogP) is 4.25. The number of aryl methyl sites for hydroxylation is 1. The Labute approximate surface area is 162 Å². The van der Waals surface area contributed by atoms with Gasteiger partial charge >= 0.3 is 0 Å². The van der Waals surface area contributed by atoms with Gasteiger partial charge in [-0.05, 0) is 42.5 Å². The number of thioether (sulfide) groups is 1. The van der Waals surface area contributed by atoms with E-state index in [0.29, 0.717) is 22.8 Å². The Bertz CT molecular complexity index is 997. The van der Waals surface area contributed by atoms with E-state index in [0.717, 1.165) is 17.1 Å². The van der Waals surface area contributed by atoms with Crippen molar-refractivity contribution >= 4 is 23.4 Å². The fraction of sp³-hybridized carbons (Fsp3) is 0.190. The Morgan fingerprint density at radius 1 is 1.15 bits per heavy atom. The maximum absolute atomic E-state index is 12.5. The lowest BCUT2D eigenvalue weighted by Crippen LogP contribution is -2.12. The highest BCUT2D eigenvalue weighted by atomic mass is 32.2. The van der Waals surface area contributed by atoms with E-state index in [1.165, 1.54) is 11.6 Å². The zero-order chi connectivity index (χ0) is 19.2. The summed E-state index contributed by atoms with van der Waals surface area (Å²) < 4.78 is 0. The summed E-state index contributed by atoms with van der Waals surface area (Å²) in [6, 6.07) is 16.3. The summed E-state index contributed by atoms with van der Waals surface area (Å²) in [7, 11) is 0. The molecule has 0 aliphatic rings. The largest absolute Gasteiger partial charge is 0.322 e. The number of nitrogens with one attached hydrogen (secondary N) is 2. The molecule has 0 radical (unpaired) electrons. The highest BCUT2D eigenvalue weighted by molar-refractivity contribution is 7.98. The number of carbonyl (C=O) groups excluding carboxylic acids is 1. The first-order valence-electron chi connectivity index (χ1n) is 8.71. The number of hydrogen-bond acceptors (Lipinski definition) is 4. The van der Waals surface area contributed by atoms with Crippen molar-refractivity contribution < 1.29 is 4.79 Å². The van der Waals surface area contributed by atoms with Crippen LogP contribution < -0.4 is 10.9 Å². The molecule has 0 aliphatic heterocycles. The van der Waals surface area contributed by atoms with E-state index in [1.54, 1.807) is 13.0 Å². The summed E-state index contributed by atoms with van der Waals surface area (Å²) in [4.78, 5) is 31.2. The van der Waals surface area contributed by atoms with Crippen LogP contribution >= 0.6 is 11.8 Å². The third kappa shape index (κ3) is 5.08. The molecule has 0 saturated carbocycles. The van der Waals surface area contributed by atoms with Gasteiger partial charge in [-0.2, -0.15) is 11.8 Å². The third-order valence-corrected chi connectivity index (χ3v) is 4.90. The molecule has 2 aromatic carbocycles. The van der Waals surface area contributed by atoms with Crippen molar-refractivity contribution in [3.8, 4) is 11.4 Å². The lowest BCUT2D eigenvalue weighted by molar-refractivity contribution is 0.102. The molecule has 1 aromatic heterocycles. The van der Waals surface area contributed by atoms with E-state index >= 15 is 0 Å². The lowest BCUT2D eigenvalue weighted by Gasteiger charge is -2.08. The van der Waals surface area contributed by atoms with Crippen molar-refractivity contribution in [3.05, 3.63) is 81.8 Å². The number of hydrogen-bond donors (Lipinski definition) is 2. The molecular weight excluding hydrogens is 358 g/mol. The zero-order valence-corrected chi connectivity index (χ0v) is 16.1. The van der Waals surface area contributed by atoms with Crippen molar-refractivity contribution in [1.29, 1.82) is 0 Å². The standard InChI is InChI=1S/C21H21N3O2S/c1-3-27-13-15-7-9-16(10-8-15)21(26)23-18-6-4-5-17(12-18)20-22-14(2)11-19(25)24-20/h4-12H,3,13H2,1-2H3,(H,23,26)(H,22,24,25). The fourth-order valence-corrected chi connectivity index (χ4v) is 3.27. The first kappa shape index (κ1) is 18.9. The maximum atomic E-state index is 12.5. The molecule has 0 atom stereocenters. The van der Waals surface area contributed by atoms with Gasteiger partial charge in [0.25, 0.3) is 11.5 Å². The van der Waals surface area contributed by atoms with Crippen molar-refractivity contribution in [2.24, 2.45) is 0 Å². The van der Waals surface area contributed by atoms with Gasteiger partial charge in [0.1, 0.15) is 5.82 Å². The van der Waals surface area contributed by atoms with Gasteiger partial charge < -0.3 is 10.3 Å². The number of benzene rings is 2. The Kier molecular flexibility index (Phi) is 6.08. The number of nitrogens with zero attached hydrogens (tertiary/aromatic N) is 1. The SMILES string of the molecule is CCSCc1ccc(C(=O)Nc2cccc(-c3nc(C)cc(=O)[nH]3)c2)cc1. The fourth-order valence-electron chi connectivity index (χ4n) is 2.64. The van der Waals surface area contributed by atoms with Gasteiger partial charge in [-0.25, -0.2) is 4.98 Å². The number of carbonyl (C=O) groups is 1. The van der Waals surface area contributed by atoms with Gasteiger partial charge in [-0.15, -0.1) is 0 Å². The van der Waals surface area contributed by atoms with Gasteiger partial charge in [0.15, 0.2) is 0 Å². The van der Waals surface area contributed by atoms with Gasteiger partial charge in [0, 0.05) is 34.3 Å². The van der Waals surface area contributed by atoms with Crippen LogP contribution in [-0.4, -0.2) is 21.6 Å². The second-order valence-electron chi connectivity index (χ2n) is 6.10. The lowest BCUT2D eigenvalue weighted by atomic mass is 10.1. The molecule has 1 heterocycles. The smallest absolute Gasteiger partial charge is 0.255 e. The number of H-pyrrole nitrogens is 1. The van der Waals surface area contributed by atoms with Crippen LogP contribution in [0, 0.1) is 6.92 Å². The van der Waals surface area contributed by atoms with E-state index in [4.69, 9.17) is 0 Å². The van der Waals surface area contributed by atoms with Crippen LogP contribution in [0.25, 0.3) is 11.4 Å². The molecule has 1 amide bonds. The van der Waals surface area contributed by atoms with E-state index in [2.05, 4.69) is 22.2 Å². The number of aromatic amines is 1. The van der Waals surface area contributed by atoms with Crippen LogP contribution in [-0.2, 0) is 5.75 Å². The predicted molar refractivity (Wildman–Crippen MR) is 111 cm³/mol. The minimum Gasteiger partial charge on any atom is -0.322 e. The van der Waals surface area contributed by atoms with Crippen LogP contribution in [0.2, 0.25) is 0 Å². The van der Waals surface area contributed by atoms with Gasteiger partial charge in [0.2, 0.25) is 0 Å². The summed E-state index contributed by atoms with van der Waals surface area (Å²) in [5.41, 5.74) is 3.63. The molecule has 5 nitrogen and oxygen atoms in total. The normalized spacial score (nSPS) is 10.6. The number of aromatic nitrogens is 2. The molecule has 3 aromatic rings. The van der Waals surface area contributed by atoms with Crippen LogP contribution in [0.1, 0.15) is 28.5 Å². The van der Waals surface area contributed by atoms with Crippen molar-refractivity contribution in [2.45, 2.75) is 19.6 Å². The average molecular weight is 379 g/mol. The van der Waals surface area contributed by atoms with Gasteiger partial charge in [0.05, 0.1) is 0 Å². The number of amides is 1. The molecule has 0 unspecified atom stereocenters. The zero-order valence-electron chi connectivity index (χ0n) is 15.3. The highest BCUT2D eigenvalue weighted by Crippen LogP contribution is 2.20. The van der Waals surface area contributed by atoms with Crippen molar-refractivity contribution in [2.75, 3.05) is 11.1 Å². The molecular formula is C21H21N3O2S. The molecule has 2 N–H and O–H groups in total. The Morgan fingerprint density at radius 2 is 1.93 bits per heavy atom. The van der Waals surface area contributed by atoms with Crippen LogP contribution in [0.15, 0.2) is 59.4 Å². The van der Waals surface area contributed by atoms with Gasteiger partial charge in [-0.3, -0.25) is 9.59 Å². The minimum absolute atomic E-state index is 0.174. The quantitative estimate of drug-likeness (QED) is 0.671. The summed E-state index contributed by atoms with van der Waals surface area (Å²) in [5, 5.41) is 2.90. The summed E-state index contributed by atoms with van der Waals surface area (Å²) in [6.45, 7) is 3.90. The molecule has 0 aliphatic carbocycles. The number of rotatable bonds is 6. The topological polar surface area (TPSA) is 74.8 Å². The van der Waals surface area contributed by atoms with E-state index in [9.17, 15) is 9.59 Å². The van der Waals surface area contributed by atoms with E-state index in [1.807, 2.05) is 54.2 Å². The van der Waals surface area contributed by atoms with Crippen LogP contribution in [0.3, 0.4) is 0 Å². The van der Waals surface area contributed by atoms with Crippen molar-refractivity contribution in [3.63, 3.8) is 0 Å². The summed E-state index contributed by atoms with van der Waals surface area (Å²) >= 11 is 1.85. The van der Waals surface area contributed by atoms with Crippen LogP contribution in [0.5, 0.6) is 0 Å². The second-order valence-corrected chi connectivity index (χ2v) is 7.38. The molecule has 27 heavy (non-hydrogen) atoms. The summed E-state index contributed by atoms with van der Waals surface area (Å²) in [5.74, 6) is 2.32. The van der Waals surface area contributed by atoms with Crippen LogP contribution in [0.4, 0.5) is 5.69 Å². The minimum atomic E-state index is -0.201. The second kappa shape index (κ2) is 8.68. The first-order chi connectivity index (χ1) is 13.0. The average Bonchev–Trinajstić information content (AvgIpc) is 2.66. The Morgan fingerprint density at radius 3 is 2.63 bits per heavy atom. The summed E-state index contributed by atoms with van der Waals surface area (Å²) in [6.07, 6.45) is 0. The number of anilines is 1. The van der Waals surface area contributed by atoms with E-state index in [-0.39, 0.29) is 11.5 Å². The molecule has 0 fully saturated rings. The van der Waals surface area contributed by atoms with Gasteiger partial charge in [-0.1, -0.05) is 31.2 Å². The molecule has 0 bridgehead atoms. The highest BCUT2D eigenvalue weighted by Gasteiger charge is 2.08. The van der Waals surface area contributed by atoms with Crippen molar-refractivity contribution in [1.82, 2.24) is 9.97 Å². The third-order valence-electron chi connectivity index (χ3n) is 3.95. The molecule has 138 valence electrons. The molecule has 0 spiro atoms. The monoisotopic (exact) mass is 379 g/mol. The molecule has 6 heteroatoms. The first-order valence-corrected chi connectivity index (χ1v) is 9.87. The molecule has 0 saturated heterocycles. The maximum Gasteiger partial charge on any atom is 0.255 e. The Balaban J connectivity index is 1.75. The molecule has 3 rings (SSSR count). The Hall–Kier alpha value is -2.86.